The summed E-state index contributed by atoms with van der Waals surface area (Å²) in [5.74, 6) is 1.58. The van der Waals surface area contributed by atoms with Gasteiger partial charge in [-0.1, -0.05) is 30.5 Å². The summed E-state index contributed by atoms with van der Waals surface area (Å²) in [6, 6.07) is 9.52. The van der Waals surface area contributed by atoms with Gasteiger partial charge in [-0.2, -0.15) is 0 Å². The number of ether oxygens (including phenoxy) is 2. The molecule has 0 bridgehead atoms. The van der Waals surface area contributed by atoms with Gasteiger partial charge in [0.2, 0.25) is 5.56 Å². The minimum absolute atomic E-state index is 0.0748. The van der Waals surface area contributed by atoms with Crippen molar-refractivity contribution in [2.24, 2.45) is 0 Å². The molecule has 0 radical (unpaired) electrons. The molecule has 3 heterocycles. The lowest BCUT2D eigenvalue weighted by Crippen LogP contribution is -2.34. The molecule has 1 aliphatic heterocycles. The fourth-order valence-electron chi connectivity index (χ4n) is 6.14. The monoisotopic (exact) mass is 546 g/mol. The molecular weight excluding hydrogens is 508 g/mol. The Morgan fingerprint density at radius 3 is 2.77 bits per heavy atom. The molecule has 4 aromatic rings. The Morgan fingerprint density at radius 2 is 1.93 bits per heavy atom. The maximum absolute atomic E-state index is 11.7. The van der Waals surface area contributed by atoms with Crippen molar-refractivity contribution in [2.75, 3.05) is 33.4 Å². The van der Waals surface area contributed by atoms with Gasteiger partial charge in [-0.3, -0.25) is 4.79 Å². The highest BCUT2D eigenvalue weighted by Gasteiger charge is 2.24. The predicted molar refractivity (Wildman–Crippen MR) is 154 cm³/mol. The molecule has 0 unspecified atom stereocenters. The third kappa shape index (κ3) is 5.51. The Hall–Kier alpha value is -3.63. The second-order valence-electron chi connectivity index (χ2n) is 11.0. The molecule has 1 fully saturated rings. The molecule has 212 valence electrons. The van der Waals surface area contributed by atoms with Gasteiger partial charge in [0, 0.05) is 36.1 Å². The minimum atomic E-state index is -0.232. The SMILES string of the molecule is CN(CCCn1nnc2cc(CNCCc3ccc(O)c4[nH]c(=O)ccc34)c3c(c21)OCCO3)C1CCCCC1. The van der Waals surface area contributed by atoms with E-state index in [2.05, 4.69) is 32.6 Å². The second-order valence-corrected chi connectivity index (χ2v) is 11.0. The highest BCUT2D eigenvalue weighted by atomic mass is 16.6. The van der Waals surface area contributed by atoms with Crippen molar-refractivity contribution in [3.05, 3.63) is 51.8 Å². The van der Waals surface area contributed by atoms with Crippen LogP contribution in [-0.4, -0.2) is 69.4 Å². The van der Waals surface area contributed by atoms with Crippen molar-refractivity contribution < 1.29 is 14.6 Å². The first-order chi connectivity index (χ1) is 19.6. The molecule has 2 aromatic heterocycles. The zero-order valence-corrected chi connectivity index (χ0v) is 23.1. The molecule has 0 saturated heterocycles. The van der Waals surface area contributed by atoms with Gasteiger partial charge >= 0.3 is 0 Å². The largest absolute Gasteiger partial charge is 0.506 e. The van der Waals surface area contributed by atoms with Gasteiger partial charge in [0.1, 0.15) is 30.0 Å². The number of hydrogen-bond acceptors (Lipinski definition) is 8. The number of nitrogens with one attached hydrogen (secondary N) is 2. The summed E-state index contributed by atoms with van der Waals surface area (Å²) in [6.45, 7) is 4.13. The Labute approximate surface area is 233 Å². The molecule has 1 saturated carbocycles. The van der Waals surface area contributed by atoms with Crippen LogP contribution >= 0.6 is 0 Å². The molecule has 2 aliphatic rings. The van der Waals surface area contributed by atoms with Crippen LogP contribution in [0, 0.1) is 0 Å². The molecule has 0 spiro atoms. The quantitative estimate of drug-likeness (QED) is 0.258. The van der Waals surface area contributed by atoms with E-state index in [9.17, 15) is 9.90 Å². The number of fused-ring (bicyclic) bond motifs is 4. The van der Waals surface area contributed by atoms with E-state index >= 15 is 0 Å². The molecule has 10 nitrogen and oxygen atoms in total. The summed E-state index contributed by atoms with van der Waals surface area (Å²) < 4.78 is 14.2. The molecule has 1 aliphatic carbocycles. The van der Waals surface area contributed by atoms with Crippen molar-refractivity contribution in [1.82, 2.24) is 30.2 Å². The Bertz CT molecular complexity index is 1540. The van der Waals surface area contributed by atoms with Gasteiger partial charge in [0.15, 0.2) is 11.5 Å². The first-order valence-corrected chi connectivity index (χ1v) is 14.5. The van der Waals surface area contributed by atoms with Crippen LogP contribution < -0.4 is 20.3 Å². The van der Waals surface area contributed by atoms with E-state index in [-0.39, 0.29) is 11.3 Å². The molecule has 3 N–H and O–H groups in total. The fraction of sp³-hybridized carbons (Fsp3) is 0.500. The van der Waals surface area contributed by atoms with Crippen LogP contribution in [0.2, 0.25) is 0 Å². The number of rotatable bonds is 10. The number of aromatic nitrogens is 4. The number of phenols is 1. The lowest BCUT2D eigenvalue weighted by molar-refractivity contribution is 0.171. The van der Waals surface area contributed by atoms with Crippen molar-refractivity contribution in [3.63, 3.8) is 0 Å². The number of aromatic hydroxyl groups is 1. The topological polar surface area (TPSA) is 118 Å². The van der Waals surface area contributed by atoms with Gasteiger partial charge in [-0.05, 0) is 69.6 Å². The maximum atomic E-state index is 11.7. The number of phenolic OH excluding ortho intramolecular Hbond substituents is 1. The van der Waals surface area contributed by atoms with Gasteiger partial charge in [-0.15, -0.1) is 5.10 Å². The molecule has 2 aromatic carbocycles. The summed E-state index contributed by atoms with van der Waals surface area (Å²) in [5.41, 5.74) is 4.00. The summed E-state index contributed by atoms with van der Waals surface area (Å²) >= 11 is 0. The zero-order valence-electron chi connectivity index (χ0n) is 23.1. The molecule has 10 heteroatoms. The van der Waals surface area contributed by atoms with Crippen molar-refractivity contribution in [1.29, 1.82) is 0 Å². The van der Waals surface area contributed by atoms with Crippen LogP contribution in [0.5, 0.6) is 17.2 Å². The van der Waals surface area contributed by atoms with Crippen molar-refractivity contribution in [3.8, 4) is 17.2 Å². The van der Waals surface area contributed by atoms with Gasteiger partial charge in [0.05, 0.1) is 5.52 Å². The Morgan fingerprint density at radius 1 is 1.10 bits per heavy atom. The first-order valence-electron chi connectivity index (χ1n) is 14.5. The smallest absolute Gasteiger partial charge is 0.248 e. The summed E-state index contributed by atoms with van der Waals surface area (Å²) in [4.78, 5) is 16.9. The first kappa shape index (κ1) is 26.6. The molecule has 0 amide bonds. The van der Waals surface area contributed by atoms with Crippen LogP contribution in [0.15, 0.2) is 35.1 Å². The average Bonchev–Trinajstić information content (AvgIpc) is 3.39. The highest BCUT2D eigenvalue weighted by Crippen LogP contribution is 2.40. The highest BCUT2D eigenvalue weighted by molar-refractivity contribution is 5.87. The van der Waals surface area contributed by atoms with E-state index in [0.717, 1.165) is 65.0 Å². The fourth-order valence-corrected chi connectivity index (χ4v) is 6.14. The lowest BCUT2D eigenvalue weighted by Gasteiger charge is -2.31. The van der Waals surface area contributed by atoms with Gasteiger partial charge in [0.25, 0.3) is 0 Å². The Kier molecular flexibility index (Phi) is 7.88. The summed E-state index contributed by atoms with van der Waals surface area (Å²) in [6.07, 6.45) is 8.42. The van der Waals surface area contributed by atoms with Crippen molar-refractivity contribution >= 4 is 21.9 Å². The average molecular weight is 547 g/mol. The summed E-state index contributed by atoms with van der Waals surface area (Å²) in [5, 5.41) is 23.5. The zero-order chi connectivity index (χ0) is 27.5. The van der Waals surface area contributed by atoms with E-state index in [1.165, 1.54) is 38.2 Å². The van der Waals surface area contributed by atoms with Crippen LogP contribution in [-0.2, 0) is 19.5 Å². The molecule has 0 atom stereocenters. The van der Waals surface area contributed by atoms with E-state index in [1.54, 1.807) is 12.1 Å². The number of pyridine rings is 1. The number of H-pyrrole nitrogens is 1. The number of hydrogen-bond donors (Lipinski definition) is 3. The summed E-state index contributed by atoms with van der Waals surface area (Å²) in [7, 11) is 2.25. The minimum Gasteiger partial charge on any atom is -0.506 e. The predicted octanol–water partition coefficient (Wildman–Crippen LogP) is 3.74. The van der Waals surface area contributed by atoms with Crippen molar-refractivity contribution in [2.45, 2.75) is 64.1 Å². The number of aryl methyl sites for hydroxylation is 1. The normalized spacial score (nSPS) is 15.8. The molecular formula is C30H38N6O4. The van der Waals surface area contributed by atoms with Gasteiger partial charge < -0.3 is 29.8 Å². The number of benzene rings is 2. The van der Waals surface area contributed by atoms with Crippen LogP contribution in [0.1, 0.15) is 49.7 Å². The molecule has 6 rings (SSSR count). The number of aromatic amines is 1. The second kappa shape index (κ2) is 11.9. The van der Waals surface area contributed by atoms with Crippen LogP contribution in [0.25, 0.3) is 21.9 Å². The number of nitrogens with zero attached hydrogens (tertiary/aromatic N) is 4. The van der Waals surface area contributed by atoms with E-state index in [1.807, 2.05) is 16.8 Å². The van der Waals surface area contributed by atoms with E-state index < -0.39 is 0 Å². The van der Waals surface area contributed by atoms with Gasteiger partial charge in [-0.25, -0.2) is 4.68 Å². The van der Waals surface area contributed by atoms with Crippen LogP contribution in [0.4, 0.5) is 0 Å². The third-order valence-corrected chi connectivity index (χ3v) is 8.29. The Balaban J connectivity index is 1.12. The third-order valence-electron chi connectivity index (χ3n) is 8.29. The van der Waals surface area contributed by atoms with E-state index in [4.69, 9.17) is 9.47 Å². The maximum Gasteiger partial charge on any atom is 0.248 e. The standard InChI is InChI=1S/C30H38N6O4/c1-35(22-6-3-2-4-7-22)14-5-15-36-28-24(33-34-36)18-21(29-30(28)40-17-16-39-29)19-31-13-12-20-8-10-25(37)27-23(20)9-11-26(38)32-27/h8-11,18,22,31,37H,2-7,12-17,19H2,1H3,(H,32,38). The van der Waals surface area contributed by atoms with E-state index in [0.29, 0.717) is 37.9 Å². The molecule has 40 heavy (non-hydrogen) atoms. The lowest BCUT2D eigenvalue weighted by atomic mass is 9.94. The van der Waals surface area contributed by atoms with Crippen LogP contribution in [0.3, 0.4) is 0 Å².